The summed E-state index contributed by atoms with van der Waals surface area (Å²) in [5.74, 6) is 2.46. The number of hydrogen-bond acceptors (Lipinski definition) is 2. The molecule has 1 aromatic carbocycles. The predicted octanol–water partition coefficient (Wildman–Crippen LogP) is 6.22. The summed E-state index contributed by atoms with van der Waals surface area (Å²) in [5, 5.41) is 3.26. The molecule has 1 saturated heterocycles. The molecule has 1 heterocycles. The zero-order chi connectivity index (χ0) is 21.6. The maximum atomic E-state index is 12.7. The molecule has 2 aliphatic carbocycles. The molecule has 0 radical (unpaired) electrons. The highest BCUT2D eigenvalue weighted by Crippen LogP contribution is 2.31. The second-order valence-electron chi connectivity index (χ2n) is 11.0. The van der Waals surface area contributed by atoms with E-state index in [1.54, 1.807) is 0 Å². The van der Waals surface area contributed by atoms with Gasteiger partial charge in [-0.05, 0) is 100 Å². The Morgan fingerprint density at radius 2 is 1.68 bits per heavy atom. The predicted molar refractivity (Wildman–Crippen MR) is 129 cm³/mol. The van der Waals surface area contributed by atoms with Crippen LogP contribution >= 0.6 is 0 Å². The zero-order valence-corrected chi connectivity index (χ0v) is 20.0. The van der Waals surface area contributed by atoms with Crippen LogP contribution in [0.25, 0.3) is 0 Å². The SMILES string of the molecule is CC1CCCC(N2CCC(Cc3ccc(C(=O)N[C@@H](C)C4CCCCC4)cc3)CC2)C1. The molecule has 3 aliphatic rings. The lowest BCUT2D eigenvalue weighted by Gasteiger charge is -2.41. The summed E-state index contributed by atoms with van der Waals surface area (Å²) in [6.45, 7) is 7.17. The minimum absolute atomic E-state index is 0.0969. The molecule has 4 rings (SSSR count). The molecule has 1 N–H and O–H groups in total. The van der Waals surface area contributed by atoms with E-state index in [1.165, 1.54) is 89.3 Å². The van der Waals surface area contributed by atoms with Crippen LogP contribution in [-0.2, 0) is 6.42 Å². The van der Waals surface area contributed by atoms with Gasteiger partial charge in [0.15, 0.2) is 0 Å². The van der Waals surface area contributed by atoms with Crippen molar-refractivity contribution in [3.05, 3.63) is 35.4 Å². The van der Waals surface area contributed by atoms with Gasteiger partial charge in [0.25, 0.3) is 5.91 Å². The summed E-state index contributed by atoms with van der Waals surface area (Å²) in [6, 6.07) is 9.58. The summed E-state index contributed by atoms with van der Waals surface area (Å²) >= 11 is 0. The van der Waals surface area contributed by atoms with E-state index in [2.05, 4.69) is 36.2 Å². The molecule has 1 aliphatic heterocycles. The summed E-state index contributed by atoms with van der Waals surface area (Å²) < 4.78 is 0. The van der Waals surface area contributed by atoms with E-state index >= 15 is 0 Å². The normalized spacial score (nSPS) is 27.7. The number of piperidine rings is 1. The summed E-state index contributed by atoms with van der Waals surface area (Å²) in [4.78, 5) is 15.5. The lowest BCUT2D eigenvalue weighted by Crippen LogP contribution is -2.43. The monoisotopic (exact) mass is 424 g/mol. The van der Waals surface area contributed by atoms with Crippen molar-refractivity contribution in [1.82, 2.24) is 10.2 Å². The van der Waals surface area contributed by atoms with Crippen LogP contribution in [0.3, 0.4) is 0 Å². The molecule has 0 bridgehead atoms. The van der Waals surface area contributed by atoms with E-state index in [0.29, 0.717) is 5.92 Å². The van der Waals surface area contributed by atoms with Gasteiger partial charge in [-0.15, -0.1) is 0 Å². The van der Waals surface area contributed by atoms with Gasteiger partial charge in [0.05, 0.1) is 0 Å². The molecular weight excluding hydrogens is 380 g/mol. The Balaban J connectivity index is 1.22. The van der Waals surface area contributed by atoms with Gasteiger partial charge < -0.3 is 10.2 Å². The fraction of sp³-hybridized carbons (Fsp3) is 0.750. The number of likely N-dealkylation sites (tertiary alicyclic amines) is 1. The molecule has 3 heteroatoms. The fourth-order valence-corrected chi connectivity index (χ4v) is 6.42. The Morgan fingerprint density at radius 1 is 0.968 bits per heavy atom. The van der Waals surface area contributed by atoms with Gasteiger partial charge in [0.2, 0.25) is 0 Å². The second-order valence-corrected chi connectivity index (χ2v) is 11.0. The maximum absolute atomic E-state index is 12.7. The first-order valence-electron chi connectivity index (χ1n) is 13.2. The van der Waals surface area contributed by atoms with E-state index in [9.17, 15) is 4.79 Å². The summed E-state index contributed by atoms with van der Waals surface area (Å²) in [7, 11) is 0. The standard InChI is InChI=1S/C28H44N2O/c1-21-7-6-10-27(19-21)30-17-15-24(16-18-30)20-23-11-13-26(14-12-23)28(31)29-22(2)25-8-4-3-5-9-25/h11-14,21-22,24-25,27H,3-10,15-20H2,1-2H3,(H,29,31)/t21?,22-,27?/m0/s1. The first-order valence-corrected chi connectivity index (χ1v) is 13.2. The number of hydrogen-bond donors (Lipinski definition) is 1. The highest BCUT2D eigenvalue weighted by atomic mass is 16.1. The van der Waals surface area contributed by atoms with E-state index in [-0.39, 0.29) is 11.9 Å². The number of nitrogens with one attached hydrogen (secondary N) is 1. The van der Waals surface area contributed by atoms with Crippen LogP contribution in [0.5, 0.6) is 0 Å². The molecule has 1 aromatic rings. The first-order chi connectivity index (χ1) is 15.1. The number of nitrogens with zero attached hydrogens (tertiary/aromatic N) is 1. The maximum Gasteiger partial charge on any atom is 0.251 e. The number of benzene rings is 1. The third-order valence-electron chi connectivity index (χ3n) is 8.53. The molecule has 172 valence electrons. The number of carbonyl (C=O) groups is 1. The second kappa shape index (κ2) is 11.0. The lowest BCUT2D eigenvalue weighted by atomic mass is 9.83. The molecule has 2 unspecified atom stereocenters. The van der Waals surface area contributed by atoms with Gasteiger partial charge in [0, 0.05) is 17.6 Å². The van der Waals surface area contributed by atoms with Gasteiger partial charge in [-0.25, -0.2) is 0 Å². The molecule has 3 nitrogen and oxygen atoms in total. The van der Waals surface area contributed by atoms with E-state index in [4.69, 9.17) is 0 Å². The molecule has 2 saturated carbocycles. The third kappa shape index (κ3) is 6.34. The topological polar surface area (TPSA) is 32.3 Å². The fourth-order valence-electron chi connectivity index (χ4n) is 6.42. The van der Waals surface area contributed by atoms with Crippen molar-refractivity contribution in [2.45, 2.75) is 103 Å². The summed E-state index contributed by atoms with van der Waals surface area (Å²) in [5.41, 5.74) is 2.20. The van der Waals surface area contributed by atoms with Crippen LogP contribution in [0.4, 0.5) is 0 Å². The van der Waals surface area contributed by atoms with Crippen molar-refractivity contribution >= 4 is 5.91 Å². The number of rotatable bonds is 6. The molecule has 3 atom stereocenters. The van der Waals surface area contributed by atoms with E-state index < -0.39 is 0 Å². The summed E-state index contributed by atoms with van der Waals surface area (Å²) in [6.07, 6.45) is 16.0. The van der Waals surface area contributed by atoms with Crippen molar-refractivity contribution < 1.29 is 4.79 Å². The smallest absolute Gasteiger partial charge is 0.251 e. The lowest BCUT2D eigenvalue weighted by molar-refractivity contribution is 0.0919. The van der Waals surface area contributed by atoms with Gasteiger partial charge in [-0.1, -0.05) is 51.2 Å². The molecule has 0 aromatic heterocycles. The largest absolute Gasteiger partial charge is 0.349 e. The molecule has 3 fully saturated rings. The zero-order valence-electron chi connectivity index (χ0n) is 20.0. The number of amides is 1. The van der Waals surface area contributed by atoms with E-state index in [0.717, 1.165) is 29.9 Å². The molecule has 31 heavy (non-hydrogen) atoms. The van der Waals surface area contributed by atoms with Crippen LogP contribution in [0.15, 0.2) is 24.3 Å². The minimum Gasteiger partial charge on any atom is -0.349 e. The van der Waals surface area contributed by atoms with Crippen LogP contribution in [0.2, 0.25) is 0 Å². The van der Waals surface area contributed by atoms with Crippen molar-refractivity contribution in [3.8, 4) is 0 Å². The van der Waals surface area contributed by atoms with Crippen LogP contribution in [0.1, 0.15) is 100 Å². The number of carbonyl (C=O) groups excluding carboxylic acids is 1. The van der Waals surface area contributed by atoms with Gasteiger partial charge in [0.1, 0.15) is 0 Å². The highest BCUT2D eigenvalue weighted by Gasteiger charge is 2.28. The van der Waals surface area contributed by atoms with E-state index in [1.807, 2.05) is 12.1 Å². The Labute approximate surface area is 190 Å². The average Bonchev–Trinajstić information content (AvgIpc) is 2.80. The minimum atomic E-state index is 0.0969. The van der Waals surface area contributed by atoms with Gasteiger partial charge >= 0.3 is 0 Å². The highest BCUT2D eigenvalue weighted by molar-refractivity contribution is 5.94. The van der Waals surface area contributed by atoms with Gasteiger partial charge in [-0.2, -0.15) is 0 Å². The Morgan fingerprint density at radius 3 is 2.35 bits per heavy atom. The Kier molecular flexibility index (Phi) is 8.09. The van der Waals surface area contributed by atoms with Crippen LogP contribution < -0.4 is 5.32 Å². The quantitative estimate of drug-likeness (QED) is 0.588. The van der Waals surface area contributed by atoms with Crippen molar-refractivity contribution in [2.75, 3.05) is 13.1 Å². The Hall–Kier alpha value is -1.35. The third-order valence-corrected chi connectivity index (χ3v) is 8.53. The molecule has 0 spiro atoms. The molecule has 1 amide bonds. The van der Waals surface area contributed by atoms with Crippen molar-refractivity contribution in [1.29, 1.82) is 0 Å². The van der Waals surface area contributed by atoms with Gasteiger partial charge in [-0.3, -0.25) is 4.79 Å². The first kappa shape index (κ1) is 22.8. The average molecular weight is 425 g/mol. The Bertz CT molecular complexity index is 685. The molecular formula is C28H44N2O. The van der Waals surface area contributed by atoms with Crippen LogP contribution in [0, 0.1) is 17.8 Å². The van der Waals surface area contributed by atoms with Crippen molar-refractivity contribution in [2.24, 2.45) is 17.8 Å². The van der Waals surface area contributed by atoms with Crippen molar-refractivity contribution in [3.63, 3.8) is 0 Å². The van der Waals surface area contributed by atoms with Crippen LogP contribution in [-0.4, -0.2) is 36.0 Å².